The first kappa shape index (κ1) is 21.0. The molecule has 3 heterocycles. The number of rotatable bonds is 6. The average molecular weight is 448 g/mol. The van der Waals surface area contributed by atoms with Crippen LogP contribution in [0.3, 0.4) is 0 Å². The zero-order chi connectivity index (χ0) is 22.2. The highest BCUT2D eigenvalue weighted by Crippen LogP contribution is 2.29. The van der Waals surface area contributed by atoms with Gasteiger partial charge in [-0.25, -0.2) is 4.98 Å². The maximum Gasteiger partial charge on any atom is 0.306 e. The summed E-state index contributed by atoms with van der Waals surface area (Å²) in [4.78, 5) is 8.65. The summed E-state index contributed by atoms with van der Waals surface area (Å²) in [5.41, 5.74) is 1.76. The molecule has 8 nitrogen and oxygen atoms in total. The van der Waals surface area contributed by atoms with Crippen LogP contribution in [-0.2, 0) is 0 Å². The summed E-state index contributed by atoms with van der Waals surface area (Å²) in [6, 6.07) is 6.97. The van der Waals surface area contributed by atoms with Gasteiger partial charge in [-0.3, -0.25) is 10.3 Å². The lowest BCUT2D eigenvalue weighted by molar-refractivity contribution is -0.0982. The van der Waals surface area contributed by atoms with Gasteiger partial charge in [-0.2, -0.15) is 18.3 Å². The topological polar surface area (TPSA) is 90.6 Å². The largest absolute Gasteiger partial charge is 0.363 e. The molecule has 1 aliphatic heterocycles. The predicted molar refractivity (Wildman–Crippen MR) is 114 cm³/mol. The fraction of sp³-hybridized carbons (Fsp3) is 0.250. The fourth-order valence-electron chi connectivity index (χ4n) is 3.12. The molecule has 0 amide bonds. The van der Waals surface area contributed by atoms with Gasteiger partial charge >= 0.3 is 5.92 Å². The van der Waals surface area contributed by atoms with E-state index < -0.39 is 18.2 Å². The van der Waals surface area contributed by atoms with Crippen molar-refractivity contribution in [2.75, 3.05) is 23.7 Å². The van der Waals surface area contributed by atoms with Crippen molar-refractivity contribution in [2.24, 2.45) is 0 Å². The van der Waals surface area contributed by atoms with Crippen molar-refractivity contribution in [3.63, 3.8) is 0 Å². The average Bonchev–Trinajstić information content (AvgIpc) is 3.11. The summed E-state index contributed by atoms with van der Waals surface area (Å²) in [6.07, 6.45) is 4.25. The third-order valence-electron chi connectivity index (χ3n) is 4.70. The quantitative estimate of drug-likeness (QED) is 0.518. The number of halogens is 3. The molecule has 0 spiro atoms. The summed E-state index contributed by atoms with van der Waals surface area (Å²) < 4.78 is 30.7. The molecular formula is C20H20ClF2N7O. The van der Waals surface area contributed by atoms with Crippen LogP contribution in [0.15, 0.2) is 48.2 Å². The van der Waals surface area contributed by atoms with E-state index in [1.165, 1.54) is 16.7 Å². The van der Waals surface area contributed by atoms with Crippen LogP contribution in [0.4, 0.5) is 26.2 Å². The molecule has 11 heteroatoms. The van der Waals surface area contributed by atoms with Crippen molar-refractivity contribution in [2.45, 2.75) is 19.8 Å². The van der Waals surface area contributed by atoms with Crippen LogP contribution in [0.1, 0.15) is 11.3 Å². The second-order valence-corrected chi connectivity index (χ2v) is 7.57. The van der Waals surface area contributed by atoms with Gasteiger partial charge in [-0.05, 0) is 37.6 Å². The van der Waals surface area contributed by atoms with Crippen LogP contribution in [0.25, 0.3) is 5.78 Å². The Morgan fingerprint density at radius 1 is 1.23 bits per heavy atom. The zero-order valence-corrected chi connectivity index (χ0v) is 17.5. The molecule has 0 saturated heterocycles. The number of fused-ring (bicyclic) bond motifs is 1. The summed E-state index contributed by atoms with van der Waals surface area (Å²) >= 11 is 6.06. The Kier molecular flexibility index (Phi) is 5.50. The Bertz CT molecular complexity index is 1190. The molecule has 0 aliphatic carbocycles. The number of hydrogen-bond donors (Lipinski definition) is 3. The molecule has 0 unspecified atom stereocenters. The van der Waals surface area contributed by atoms with E-state index in [0.29, 0.717) is 21.6 Å². The van der Waals surface area contributed by atoms with E-state index in [4.69, 9.17) is 11.6 Å². The highest BCUT2D eigenvalue weighted by molar-refractivity contribution is 6.30. The lowest BCUT2D eigenvalue weighted by atomic mass is 10.1. The van der Waals surface area contributed by atoms with E-state index in [0.717, 1.165) is 11.3 Å². The van der Waals surface area contributed by atoms with E-state index in [2.05, 4.69) is 25.7 Å². The Labute approximate surface area is 181 Å². The van der Waals surface area contributed by atoms with Gasteiger partial charge in [0.2, 0.25) is 5.95 Å². The van der Waals surface area contributed by atoms with E-state index in [9.17, 15) is 14.0 Å². The molecule has 31 heavy (non-hydrogen) atoms. The van der Waals surface area contributed by atoms with Gasteiger partial charge in [0.15, 0.2) is 0 Å². The number of nitrogens with zero attached hydrogens (tertiary/aromatic N) is 5. The van der Waals surface area contributed by atoms with Crippen LogP contribution < -0.4 is 10.6 Å². The lowest BCUT2D eigenvalue weighted by Gasteiger charge is -2.28. The Morgan fingerprint density at radius 2 is 2.03 bits per heavy atom. The minimum Gasteiger partial charge on any atom is -0.363 e. The molecule has 0 radical (unpaired) electrons. The SMILES string of the molecule is Cc1cc(NCC(F)(F)C2=CC=CCN2O)n2nc(Nc3cc(Cl)ccc3C)nc2n1. The normalized spacial score (nSPS) is 14.1. The first-order valence-corrected chi connectivity index (χ1v) is 9.84. The Hall–Kier alpha value is -3.24. The molecule has 1 aliphatic rings. The van der Waals surface area contributed by atoms with Gasteiger partial charge in [-0.1, -0.05) is 29.8 Å². The van der Waals surface area contributed by atoms with Gasteiger partial charge < -0.3 is 10.6 Å². The first-order chi connectivity index (χ1) is 14.7. The molecule has 2 aromatic heterocycles. The fourth-order valence-corrected chi connectivity index (χ4v) is 3.29. The van der Waals surface area contributed by atoms with Gasteiger partial charge in [0, 0.05) is 22.5 Å². The van der Waals surface area contributed by atoms with Crippen LogP contribution >= 0.6 is 11.6 Å². The summed E-state index contributed by atoms with van der Waals surface area (Å²) in [5.74, 6) is -2.53. The molecule has 0 fully saturated rings. The number of allylic oxidation sites excluding steroid dienone is 2. The van der Waals surface area contributed by atoms with Gasteiger partial charge in [0.1, 0.15) is 11.5 Å². The first-order valence-electron chi connectivity index (χ1n) is 9.46. The van der Waals surface area contributed by atoms with E-state index in [1.807, 2.05) is 13.0 Å². The number of nitrogens with one attached hydrogen (secondary N) is 2. The minimum absolute atomic E-state index is 0.00105. The second kappa shape index (κ2) is 8.12. The third kappa shape index (κ3) is 4.44. The molecule has 0 saturated carbocycles. The molecule has 4 rings (SSSR count). The van der Waals surface area contributed by atoms with Crippen molar-refractivity contribution >= 4 is 34.8 Å². The Balaban J connectivity index is 1.60. The summed E-state index contributed by atoms with van der Waals surface area (Å²) in [7, 11) is 0. The number of benzene rings is 1. The Morgan fingerprint density at radius 3 is 2.81 bits per heavy atom. The van der Waals surface area contributed by atoms with E-state index >= 15 is 0 Å². The lowest BCUT2D eigenvalue weighted by Crippen LogP contribution is -2.39. The number of hydroxylamine groups is 2. The highest BCUT2D eigenvalue weighted by atomic mass is 35.5. The van der Waals surface area contributed by atoms with Crippen LogP contribution in [0.5, 0.6) is 0 Å². The van der Waals surface area contributed by atoms with Crippen molar-refractivity contribution in [3.05, 3.63) is 64.5 Å². The van der Waals surface area contributed by atoms with Crippen molar-refractivity contribution < 1.29 is 14.0 Å². The second-order valence-electron chi connectivity index (χ2n) is 7.13. The maximum atomic E-state index is 14.7. The van der Waals surface area contributed by atoms with Crippen LogP contribution in [-0.4, -0.2) is 48.9 Å². The van der Waals surface area contributed by atoms with Gasteiger partial charge in [-0.15, -0.1) is 5.10 Å². The molecule has 3 aromatic rings. The number of aromatic nitrogens is 4. The van der Waals surface area contributed by atoms with E-state index in [1.54, 1.807) is 31.2 Å². The van der Waals surface area contributed by atoms with Crippen LogP contribution in [0.2, 0.25) is 5.02 Å². The molecule has 3 N–H and O–H groups in total. The van der Waals surface area contributed by atoms with Crippen LogP contribution in [0, 0.1) is 13.8 Å². The smallest absolute Gasteiger partial charge is 0.306 e. The summed E-state index contributed by atoms with van der Waals surface area (Å²) in [5, 5.41) is 21.0. The maximum absolute atomic E-state index is 14.7. The number of aryl methyl sites for hydroxylation is 2. The molecule has 0 atom stereocenters. The van der Waals surface area contributed by atoms with Crippen molar-refractivity contribution in [3.8, 4) is 0 Å². The third-order valence-corrected chi connectivity index (χ3v) is 4.93. The monoisotopic (exact) mass is 447 g/mol. The standard InChI is InChI=1S/C20H20ClF2N7O/c1-12-6-7-14(21)10-15(12)26-18-27-19-25-13(2)9-17(30(19)28-18)24-11-20(22,23)16-5-3-4-8-29(16)31/h3-7,9-10,24,31H,8,11H2,1-2H3,(H,26,28). The van der Waals surface area contributed by atoms with Crippen molar-refractivity contribution in [1.29, 1.82) is 0 Å². The number of anilines is 3. The highest BCUT2D eigenvalue weighted by Gasteiger charge is 2.38. The molecular weight excluding hydrogens is 428 g/mol. The van der Waals surface area contributed by atoms with Gasteiger partial charge in [0.05, 0.1) is 13.1 Å². The molecule has 0 bridgehead atoms. The van der Waals surface area contributed by atoms with E-state index in [-0.39, 0.29) is 18.3 Å². The summed E-state index contributed by atoms with van der Waals surface area (Å²) in [6.45, 7) is 2.89. The molecule has 1 aromatic carbocycles. The predicted octanol–water partition coefficient (Wildman–Crippen LogP) is 4.33. The van der Waals surface area contributed by atoms with Gasteiger partial charge in [0.25, 0.3) is 5.78 Å². The number of hydrogen-bond acceptors (Lipinski definition) is 7. The molecule has 162 valence electrons. The number of alkyl halides is 2. The van der Waals surface area contributed by atoms with Crippen molar-refractivity contribution in [1.82, 2.24) is 24.6 Å². The minimum atomic E-state index is -3.32. The zero-order valence-electron chi connectivity index (χ0n) is 16.8.